The third-order valence-corrected chi connectivity index (χ3v) is 5.58. The van der Waals surface area contributed by atoms with Gasteiger partial charge in [-0.1, -0.05) is 6.92 Å². The molecule has 0 bridgehead atoms. The molecule has 1 aromatic carbocycles. The zero-order valence-electron chi connectivity index (χ0n) is 15.3. The molecule has 1 aromatic heterocycles. The highest BCUT2D eigenvalue weighted by molar-refractivity contribution is 7.92. The number of rotatable bonds is 6. The molecule has 1 amide bonds. The number of aromatic amines is 1. The van der Waals surface area contributed by atoms with E-state index in [1.54, 1.807) is 13.0 Å². The number of H-pyrrole nitrogens is 1. The first kappa shape index (κ1) is 19.9. The van der Waals surface area contributed by atoms with E-state index < -0.39 is 38.8 Å². The van der Waals surface area contributed by atoms with Crippen molar-refractivity contribution in [2.45, 2.75) is 20.3 Å². The maximum atomic E-state index is 14.7. The summed E-state index contributed by atoms with van der Waals surface area (Å²) in [6, 6.07) is 3.66. The molecule has 1 aliphatic rings. The molecule has 0 spiro atoms. The van der Waals surface area contributed by atoms with Crippen LogP contribution in [0, 0.1) is 18.6 Å². The van der Waals surface area contributed by atoms with Crippen molar-refractivity contribution in [1.82, 2.24) is 10.3 Å². The number of hydrogen-bond donors (Lipinski definition) is 4. The molecule has 10 heteroatoms. The number of aromatic nitrogens is 1. The topological polar surface area (TPSA) is 103 Å². The molecule has 3 rings (SSSR count). The largest absolute Gasteiger partial charge is 0.366 e. The lowest BCUT2D eigenvalue weighted by Gasteiger charge is -2.17. The van der Waals surface area contributed by atoms with Gasteiger partial charge in [-0.2, -0.15) is 0 Å². The fourth-order valence-corrected chi connectivity index (χ4v) is 4.04. The molecule has 0 saturated carbocycles. The number of halogens is 2. The van der Waals surface area contributed by atoms with Crippen LogP contribution in [0.2, 0.25) is 0 Å². The van der Waals surface area contributed by atoms with E-state index in [2.05, 4.69) is 15.6 Å². The first-order chi connectivity index (χ1) is 13.2. The highest BCUT2D eigenvalue weighted by Crippen LogP contribution is 2.25. The molecular formula is C18H20F2N4O3S. The number of carbonyl (C=O) groups is 1. The van der Waals surface area contributed by atoms with Crippen LogP contribution in [0.4, 0.5) is 20.3 Å². The summed E-state index contributed by atoms with van der Waals surface area (Å²) < 4.78 is 54.6. The molecule has 28 heavy (non-hydrogen) atoms. The van der Waals surface area contributed by atoms with Gasteiger partial charge in [-0.15, -0.1) is 0 Å². The second-order valence-corrected chi connectivity index (χ2v) is 8.31. The summed E-state index contributed by atoms with van der Waals surface area (Å²) >= 11 is 0. The van der Waals surface area contributed by atoms with E-state index >= 15 is 0 Å². The van der Waals surface area contributed by atoms with Crippen molar-refractivity contribution in [3.8, 4) is 0 Å². The Morgan fingerprint density at radius 1 is 1.29 bits per heavy atom. The van der Waals surface area contributed by atoms with E-state index in [1.165, 1.54) is 0 Å². The third kappa shape index (κ3) is 4.16. The molecule has 2 heterocycles. The molecular weight excluding hydrogens is 390 g/mol. The number of hydrogen-bond acceptors (Lipinski definition) is 4. The quantitative estimate of drug-likeness (QED) is 0.588. The average molecular weight is 410 g/mol. The Morgan fingerprint density at radius 2 is 2.04 bits per heavy atom. The highest BCUT2D eigenvalue weighted by atomic mass is 32.2. The number of carbonyl (C=O) groups excluding carboxylic acids is 1. The molecule has 7 nitrogen and oxygen atoms in total. The van der Waals surface area contributed by atoms with Crippen LogP contribution in [0.25, 0.3) is 6.08 Å². The Bertz CT molecular complexity index is 1060. The second kappa shape index (κ2) is 7.63. The maximum absolute atomic E-state index is 14.7. The molecule has 2 aromatic rings. The zero-order valence-corrected chi connectivity index (χ0v) is 16.1. The van der Waals surface area contributed by atoms with Gasteiger partial charge in [0, 0.05) is 17.0 Å². The monoisotopic (exact) mass is 410 g/mol. The molecule has 4 N–H and O–H groups in total. The lowest BCUT2D eigenvalue weighted by molar-refractivity contribution is 0.0957. The Labute approximate surface area is 161 Å². The zero-order chi connectivity index (χ0) is 20.5. The number of nitrogens with one attached hydrogen (secondary N) is 4. The maximum Gasteiger partial charge on any atom is 0.261 e. The number of sulfonamides is 1. The summed E-state index contributed by atoms with van der Waals surface area (Å²) in [7, 11) is -3.79. The summed E-state index contributed by atoms with van der Waals surface area (Å²) in [6.07, 6.45) is 2.02. The minimum atomic E-state index is -3.79. The minimum Gasteiger partial charge on any atom is -0.366 e. The van der Waals surface area contributed by atoms with Crippen LogP contribution >= 0.6 is 0 Å². The third-order valence-electron chi connectivity index (χ3n) is 4.10. The molecule has 0 unspecified atom stereocenters. The SMILES string of the molecule is CCCS(=O)(=O)Nc1ccc(F)c(C(=O)NC2=Cc3cc(C)[nH]c3NC2)c1F. The van der Waals surface area contributed by atoms with Crippen LogP contribution in [0.15, 0.2) is 23.9 Å². The van der Waals surface area contributed by atoms with Gasteiger partial charge >= 0.3 is 0 Å². The van der Waals surface area contributed by atoms with Crippen molar-refractivity contribution in [1.29, 1.82) is 0 Å². The fraction of sp³-hybridized carbons (Fsp3) is 0.278. The van der Waals surface area contributed by atoms with Gasteiger partial charge in [-0.3, -0.25) is 9.52 Å². The molecule has 150 valence electrons. The molecule has 0 radical (unpaired) electrons. The van der Waals surface area contributed by atoms with E-state index in [1.807, 2.05) is 17.7 Å². The Hall–Kier alpha value is -2.88. The summed E-state index contributed by atoms with van der Waals surface area (Å²) in [5, 5.41) is 5.53. The van der Waals surface area contributed by atoms with Gasteiger partial charge < -0.3 is 15.6 Å². The Morgan fingerprint density at radius 3 is 2.75 bits per heavy atom. The van der Waals surface area contributed by atoms with Crippen molar-refractivity contribution < 1.29 is 22.0 Å². The van der Waals surface area contributed by atoms with Crippen LogP contribution in [0.1, 0.15) is 35.0 Å². The first-order valence-corrected chi connectivity index (χ1v) is 10.3. The standard InChI is InChI=1S/C18H20F2N4O3S/c1-3-6-28(26,27)24-14-5-4-13(19)15(16(14)20)18(25)23-12-8-11-7-10(2)22-17(11)21-9-12/h4-5,7-8,21-22,24H,3,6,9H2,1-2H3,(H,23,25). The average Bonchev–Trinajstić information content (AvgIpc) is 2.96. The Kier molecular flexibility index (Phi) is 5.41. The number of fused-ring (bicyclic) bond motifs is 1. The van der Waals surface area contributed by atoms with Gasteiger partial charge in [0.1, 0.15) is 17.2 Å². The molecule has 1 aliphatic heterocycles. The highest BCUT2D eigenvalue weighted by Gasteiger charge is 2.24. The van der Waals surface area contributed by atoms with Gasteiger partial charge in [0.2, 0.25) is 10.0 Å². The summed E-state index contributed by atoms with van der Waals surface area (Å²) in [5.41, 5.74) is 0.826. The van der Waals surface area contributed by atoms with Crippen molar-refractivity contribution in [3.05, 3.63) is 52.4 Å². The number of amides is 1. The lowest BCUT2D eigenvalue weighted by atomic mass is 10.1. The normalized spacial score (nSPS) is 13.4. The number of benzene rings is 1. The summed E-state index contributed by atoms with van der Waals surface area (Å²) in [5.74, 6) is -2.78. The minimum absolute atomic E-state index is 0.220. The van der Waals surface area contributed by atoms with Crippen LogP contribution in [0.3, 0.4) is 0 Å². The van der Waals surface area contributed by atoms with Crippen molar-refractivity contribution >= 4 is 33.5 Å². The predicted octanol–water partition coefficient (Wildman–Crippen LogP) is 2.95. The van der Waals surface area contributed by atoms with Crippen molar-refractivity contribution in [3.63, 3.8) is 0 Å². The number of anilines is 2. The van der Waals surface area contributed by atoms with Gasteiger partial charge in [0.15, 0.2) is 5.82 Å². The van der Waals surface area contributed by atoms with Gasteiger partial charge in [-0.05, 0) is 37.6 Å². The van der Waals surface area contributed by atoms with Gasteiger partial charge in [0.05, 0.1) is 18.0 Å². The predicted molar refractivity (Wildman–Crippen MR) is 104 cm³/mol. The van der Waals surface area contributed by atoms with Crippen LogP contribution in [0.5, 0.6) is 0 Å². The van der Waals surface area contributed by atoms with Crippen LogP contribution in [-0.2, 0) is 10.0 Å². The van der Waals surface area contributed by atoms with E-state index in [9.17, 15) is 22.0 Å². The Balaban J connectivity index is 1.86. The van der Waals surface area contributed by atoms with Crippen LogP contribution in [-0.4, -0.2) is 31.6 Å². The molecule has 0 saturated heterocycles. The van der Waals surface area contributed by atoms with Crippen LogP contribution < -0.4 is 15.4 Å². The van der Waals surface area contributed by atoms with E-state index in [0.717, 1.165) is 29.2 Å². The van der Waals surface area contributed by atoms with Gasteiger partial charge in [-0.25, -0.2) is 17.2 Å². The van der Waals surface area contributed by atoms with E-state index in [-0.39, 0.29) is 12.3 Å². The van der Waals surface area contributed by atoms with E-state index in [0.29, 0.717) is 12.1 Å². The summed E-state index contributed by atoms with van der Waals surface area (Å²) in [4.78, 5) is 15.6. The molecule has 0 aliphatic carbocycles. The summed E-state index contributed by atoms with van der Waals surface area (Å²) in [6.45, 7) is 3.79. The lowest BCUT2D eigenvalue weighted by Crippen LogP contribution is -2.30. The fourth-order valence-electron chi connectivity index (χ4n) is 2.91. The molecule has 0 fully saturated rings. The van der Waals surface area contributed by atoms with Crippen molar-refractivity contribution in [2.24, 2.45) is 0 Å². The van der Waals surface area contributed by atoms with Gasteiger partial charge in [0.25, 0.3) is 5.91 Å². The smallest absolute Gasteiger partial charge is 0.261 e. The first-order valence-electron chi connectivity index (χ1n) is 8.64. The van der Waals surface area contributed by atoms with Crippen molar-refractivity contribution in [2.75, 3.05) is 22.3 Å². The van der Waals surface area contributed by atoms with E-state index in [4.69, 9.17) is 0 Å². The second-order valence-electron chi connectivity index (χ2n) is 6.46. The number of aryl methyl sites for hydroxylation is 1. The molecule has 0 atom stereocenters.